The first kappa shape index (κ1) is 28.2. The topological polar surface area (TPSA) is 125 Å². The van der Waals surface area contributed by atoms with Crippen LogP contribution in [-0.2, 0) is 14.4 Å². The van der Waals surface area contributed by atoms with Crippen LogP contribution in [0.5, 0.6) is 0 Å². The summed E-state index contributed by atoms with van der Waals surface area (Å²) in [6.45, 7) is 10.6. The molecular weight excluding hydrogens is 392 g/mol. The highest BCUT2D eigenvalue weighted by atomic mass is 16.4. The minimum absolute atomic E-state index is 0.0226. The number of hydrogen-bond acceptors (Lipinski definition) is 7. The van der Waals surface area contributed by atoms with Gasteiger partial charge < -0.3 is 15.3 Å². The molecule has 1 unspecified atom stereocenters. The van der Waals surface area contributed by atoms with E-state index in [1.807, 2.05) is 23.6 Å². The molecule has 0 radical (unpaired) electrons. The minimum Gasteiger partial charge on any atom is -0.480 e. The molecular formula is C20H40N4O6. The number of likely N-dealkylation sites (N-methyl/N-ethyl adjacent to an activating group) is 2. The number of aliphatic carboxylic acids is 3. The molecule has 176 valence electrons. The lowest BCUT2D eigenvalue weighted by molar-refractivity contribution is -0.139. The smallest absolute Gasteiger partial charge is 0.317 e. The molecule has 0 amide bonds. The molecule has 0 saturated carbocycles. The first-order valence-corrected chi connectivity index (χ1v) is 10.6. The largest absolute Gasteiger partial charge is 0.480 e. The zero-order valence-electron chi connectivity index (χ0n) is 18.9. The van der Waals surface area contributed by atoms with Gasteiger partial charge in [-0.1, -0.05) is 13.8 Å². The van der Waals surface area contributed by atoms with Gasteiger partial charge in [0.1, 0.15) is 0 Å². The maximum Gasteiger partial charge on any atom is 0.317 e. The Labute approximate surface area is 180 Å². The van der Waals surface area contributed by atoms with E-state index < -0.39 is 17.9 Å². The Morgan fingerprint density at radius 3 is 1.83 bits per heavy atom. The second kappa shape index (κ2) is 16.0. The molecule has 30 heavy (non-hydrogen) atoms. The molecule has 10 heteroatoms. The average molecular weight is 433 g/mol. The summed E-state index contributed by atoms with van der Waals surface area (Å²) in [6, 6.07) is 0.111. The molecule has 0 fully saturated rings. The van der Waals surface area contributed by atoms with Crippen LogP contribution in [0, 0.1) is 0 Å². The summed E-state index contributed by atoms with van der Waals surface area (Å²) in [5.74, 6) is -2.60. The van der Waals surface area contributed by atoms with Crippen molar-refractivity contribution in [2.24, 2.45) is 0 Å². The van der Waals surface area contributed by atoms with Crippen LogP contribution in [0.15, 0.2) is 0 Å². The Kier molecular flexibility index (Phi) is 15.1. The van der Waals surface area contributed by atoms with Crippen LogP contribution in [-0.4, -0.2) is 131 Å². The minimum atomic E-state index is -0.889. The SMILES string of the molecule is CCCN(CCN(CC)C(C)CN(CCCN(C)CC(=O)O)CC(=O)O)CC(=O)O. The molecule has 0 bridgehead atoms. The molecule has 0 aliphatic carbocycles. The van der Waals surface area contributed by atoms with Crippen molar-refractivity contribution in [1.82, 2.24) is 19.6 Å². The molecule has 0 aliphatic rings. The number of rotatable bonds is 19. The van der Waals surface area contributed by atoms with Crippen LogP contribution in [0.1, 0.15) is 33.6 Å². The molecule has 0 aromatic rings. The van der Waals surface area contributed by atoms with E-state index in [4.69, 9.17) is 10.2 Å². The predicted octanol–water partition coefficient (Wildman–Crippen LogP) is 0.287. The van der Waals surface area contributed by atoms with E-state index in [9.17, 15) is 19.5 Å². The summed E-state index contributed by atoms with van der Waals surface area (Å²) in [6.07, 6.45) is 1.57. The monoisotopic (exact) mass is 432 g/mol. The summed E-state index contributed by atoms with van der Waals surface area (Å²) < 4.78 is 0. The average Bonchev–Trinajstić information content (AvgIpc) is 2.60. The summed E-state index contributed by atoms with van der Waals surface area (Å²) >= 11 is 0. The van der Waals surface area contributed by atoms with Crippen LogP contribution < -0.4 is 0 Å². The Bertz CT molecular complexity index is 520. The van der Waals surface area contributed by atoms with Gasteiger partial charge >= 0.3 is 17.9 Å². The second-order valence-electron chi connectivity index (χ2n) is 7.76. The first-order valence-electron chi connectivity index (χ1n) is 10.6. The summed E-state index contributed by atoms with van der Waals surface area (Å²) in [5, 5.41) is 27.1. The highest BCUT2D eigenvalue weighted by molar-refractivity contribution is 5.69. The summed E-state index contributed by atoms with van der Waals surface area (Å²) in [5.41, 5.74) is 0. The van der Waals surface area contributed by atoms with Gasteiger partial charge in [0, 0.05) is 32.2 Å². The number of carboxylic acid groups (broad SMARTS) is 3. The molecule has 0 rings (SSSR count). The third-order valence-electron chi connectivity index (χ3n) is 4.93. The van der Waals surface area contributed by atoms with Gasteiger partial charge in [-0.2, -0.15) is 0 Å². The Hall–Kier alpha value is -1.75. The number of carboxylic acids is 3. The van der Waals surface area contributed by atoms with Gasteiger partial charge in [0.2, 0.25) is 0 Å². The van der Waals surface area contributed by atoms with Gasteiger partial charge in [0.15, 0.2) is 0 Å². The zero-order valence-corrected chi connectivity index (χ0v) is 18.9. The van der Waals surface area contributed by atoms with Crippen molar-refractivity contribution in [1.29, 1.82) is 0 Å². The highest BCUT2D eigenvalue weighted by Gasteiger charge is 2.19. The van der Waals surface area contributed by atoms with Crippen LogP contribution in [0.2, 0.25) is 0 Å². The fourth-order valence-corrected chi connectivity index (χ4v) is 3.53. The Morgan fingerprint density at radius 2 is 1.33 bits per heavy atom. The van der Waals surface area contributed by atoms with Crippen molar-refractivity contribution in [3.05, 3.63) is 0 Å². The van der Waals surface area contributed by atoms with Crippen molar-refractivity contribution < 1.29 is 29.7 Å². The van der Waals surface area contributed by atoms with Gasteiger partial charge in [-0.05, 0) is 46.4 Å². The molecule has 0 aromatic heterocycles. The van der Waals surface area contributed by atoms with E-state index >= 15 is 0 Å². The van der Waals surface area contributed by atoms with E-state index in [1.54, 1.807) is 11.9 Å². The zero-order chi connectivity index (χ0) is 23.1. The maximum atomic E-state index is 11.3. The molecule has 1 atom stereocenters. The molecule has 0 aromatic carbocycles. The number of carbonyl (C=O) groups is 3. The highest BCUT2D eigenvalue weighted by Crippen LogP contribution is 2.05. The molecule has 0 saturated heterocycles. The lowest BCUT2D eigenvalue weighted by atomic mass is 10.2. The maximum absolute atomic E-state index is 11.3. The van der Waals surface area contributed by atoms with Gasteiger partial charge in [-0.25, -0.2) is 0 Å². The predicted molar refractivity (Wildman–Crippen MR) is 115 cm³/mol. The van der Waals surface area contributed by atoms with Crippen LogP contribution in [0.3, 0.4) is 0 Å². The van der Waals surface area contributed by atoms with Crippen molar-refractivity contribution >= 4 is 17.9 Å². The lowest BCUT2D eigenvalue weighted by Crippen LogP contribution is -2.47. The molecule has 10 nitrogen and oxygen atoms in total. The molecule has 0 aliphatic heterocycles. The van der Waals surface area contributed by atoms with Crippen molar-refractivity contribution in [2.45, 2.75) is 39.7 Å². The van der Waals surface area contributed by atoms with Gasteiger partial charge in [-0.3, -0.25) is 34.0 Å². The van der Waals surface area contributed by atoms with Crippen LogP contribution in [0.25, 0.3) is 0 Å². The number of nitrogens with zero attached hydrogens (tertiary/aromatic N) is 4. The van der Waals surface area contributed by atoms with Gasteiger partial charge in [0.05, 0.1) is 19.6 Å². The first-order chi connectivity index (χ1) is 14.1. The van der Waals surface area contributed by atoms with Crippen molar-refractivity contribution in [3.8, 4) is 0 Å². The molecule has 3 N–H and O–H groups in total. The van der Waals surface area contributed by atoms with Crippen LogP contribution in [0.4, 0.5) is 0 Å². The fourth-order valence-electron chi connectivity index (χ4n) is 3.53. The van der Waals surface area contributed by atoms with Crippen molar-refractivity contribution in [2.75, 3.05) is 72.5 Å². The summed E-state index contributed by atoms with van der Waals surface area (Å²) in [4.78, 5) is 40.8. The fraction of sp³-hybridized carbons (Fsp3) is 0.850. The molecule has 0 spiro atoms. The van der Waals surface area contributed by atoms with E-state index in [0.29, 0.717) is 39.1 Å². The van der Waals surface area contributed by atoms with E-state index in [-0.39, 0.29) is 25.7 Å². The number of hydrogen-bond donors (Lipinski definition) is 3. The second-order valence-corrected chi connectivity index (χ2v) is 7.76. The van der Waals surface area contributed by atoms with Gasteiger partial charge in [-0.15, -0.1) is 0 Å². The van der Waals surface area contributed by atoms with E-state index in [2.05, 4.69) is 11.8 Å². The normalized spacial score (nSPS) is 12.8. The standard InChI is InChI=1S/C20H40N4O6/c1-5-8-22(15-19(27)28)11-12-24(6-2)17(3)13-23(16-20(29)30)10-7-9-21(4)14-18(25)26/h17H,5-16H2,1-4H3,(H,25,26)(H,27,28)(H,29,30). The Morgan fingerprint density at radius 1 is 0.767 bits per heavy atom. The Balaban J connectivity index is 4.71. The third kappa shape index (κ3) is 14.3. The van der Waals surface area contributed by atoms with Gasteiger partial charge in [0.25, 0.3) is 0 Å². The molecule has 0 heterocycles. The third-order valence-corrected chi connectivity index (χ3v) is 4.93. The summed E-state index contributed by atoms with van der Waals surface area (Å²) in [7, 11) is 1.73. The van der Waals surface area contributed by atoms with Crippen molar-refractivity contribution in [3.63, 3.8) is 0 Å². The van der Waals surface area contributed by atoms with E-state index in [0.717, 1.165) is 19.5 Å². The van der Waals surface area contributed by atoms with Crippen LogP contribution >= 0.6 is 0 Å². The quantitative estimate of drug-likeness (QED) is 0.262. The lowest BCUT2D eigenvalue weighted by Gasteiger charge is -2.34. The van der Waals surface area contributed by atoms with E-state index in [1.165, 1.54) is 0 Å².